The highest BCUT2D eigenvalue weighted by molar-refractivity contribution is 5.79. The van der Waals surface area contributed by atoms with Gasteiger partial charge < -0.3 is 4.98 Å². The van der Waals surface area contributed by atoms with Crippen LogP contribution in [0.5, 0.6) is 0 Å². The van der Waals surface area contributed by atoms with Crippen LogP contribution in [0.25, 0.3) is 11.0 Å². The maximum atomic E-state index is 13.9. The van der Waals surface area contributed by atoms with E-state index in [0.717, 1.165) is 46.3 Å². The normalized spacial score (nSPS) is 11.2. The van der Waals surface area contributed by atoms with Crippen LogP contribution in [0.15, 0.2) is 61.1 Å². The fourth-order valence-corrected chi connectivity index (χ4v) is 3.32. The number of H-pyrrole nitrogens is 1. The maximum absolute atomic E-state index is 13.9. The minimum absolute atomic E-state index is 0.130. The van der Waals surface area contributed by atoms with Crippen molar-refractivity contribution in [1.82, 2.24) is 15.0 Å². The van der Waals surface area contributed by atoms with Crippen molar-refractivity contribution in [1.29, 1.82) is 0 Å². The SMILES string of the molecule is Cc1cccc(F)c1CCc1ccc(Cc2c[nH]c3ncccc23)cn1. The van der Waals surface area contributed by atoms with Gasteiger partial charge in [0.2, 0.25) is 0 Å². The van der Waals surface area contributed by atoms with Gasteiger partial charge in [-0.05, 0) is 66.3 Å². The molecule has 3 nitrogen and oxygen atoms in total. The molecule has 0 aliphatic carbocycles. The summed E-state index contributed by atoms with van der Waals surface area (Å²) in [6, 6.07) is 13.4. The Bertz CT molecular complexity index is 1010. The monoisotopic (exact) mass is 345 g/mol. The number of aromatic amines is 1. The lowest BCUT2D eigenvalue weighted by Crippen LogP contribution is -2.00. The quantitative estimate of drug-likeness (QED) is 0.565. The molecule has 4 aromatic rings. The summed E-state index contributed by atoms with van der Waals surface area (Å²) in [4.78, 5) is 12.1. The number of halogens is 1. The second-order valence-electron chi connectivity index (χ2n) is 6.58. The van der Waals surface area contributed by atoms with E-state index in [9.17, 15) is 4.39 Å². The number of nitrogens with one attached hydrogen (secondary N) is 1. The fourth-order valence-electron chi connectivity index (χ4n) is 3.32. The summed E-state index contributed by atoms with van der Waals surface area (Å²) < 4.78 is 13.9. The van der Waals surface area contributed by atoms with Crippen LogP contribution < -0.4 is 0 Å². The van der Waals surface area contributed by atoms with Gasteiger partial charge in [-0.25, -0.2) is 9.37 Å². The van der Waals surface area contributed by atoms with Gasteiger partial charge in [-0.15, -0.1) is 0 Å². The molecule has 130 valence electrons. The van der Waals surface area contributed by atoms with Gasteiger partial charge in [0.25, 0.3) is 0 Å². The van der Waals surface area contributed by atoms with Gasteiger partial charge >= 0.3 is 0 Å². The van der Waals surface area contributed by atoms with E-state index in [1.807, 2.05) is 37.5 Å². The van der Waals surface area contributed by atoms with E-state index in [1.54, 1.807) is 12.3 Å². The van der Waals surface area contributed by atoms with Gasteiger partial charge in [-0.2, -0.15) is 0 Å². The molecule has 0 aliphatic rings. The number of hydrogen-bond donors (Lipinski definition) is 1. The molecular weight excluding hydrogens is 325 g/mol. The van der Waals surface area contributed by atoms with Crippen LogP contribution in [0.2, 0.25) is 0 Å². The molecule has 4 rings (SSSR count). The van der Waals surface area contributed by atoms with Crippen LogP contribution in [0.3, 0.4) is 0 Å². The first-order chi connectivity index (χ1) is 12.7. The van der Waals surface area contributed by atoms with Gasteiger partial charge in [0.1, 0.15) is 11.5 Å². The lowest BCUT2D eigenvalue weighted by Gasteiger charge is -2.07. The molecule has 4 heteroatoms. The molecule has 1 aromatic carbocycles. The Hall–Kier alpha value is -3.01. The number of nitrogens with zero attached hydrogens (tertiary/aromatic N) is 2. The topological polar surface area (TPSA) is 41.6 Å². The third-order valence-electron chi connectivity index (χ3n) is 4.80. The van der Waals surface area contributed by atoms with Crippen molar-refractivity contribution < 1.29 is 4.39 Å². The Morgan fingerprint density at radius 3 is 2.73 bits per heavy atom. The van der Waals surface area contributed by atoms with Gasteiger partial charge in [0, 0.05) is 36.1 Å². The Balaban J connectivity index is 1.45. The highest BCUT2D eigenvalue weighted by Gasteiger charge is 2.08. The van der Waals surface area contributed by atoms with Gasteiger partial charge in [-0.1, -0.05) is 18.2 Å². The van der Waals surface area contributed by atoms with Crippen molar-refractivity contribution in [3.05, 3.63) is 94.8 Å². The van der Waals surface area contributed by atoms with Crippen molar-refractivity contribution in [2.24, 2.45) is 0 Å². The van der Waals surface area contributed by atoms with Crippen LogP contribution in [0, 0.1) is 12.7 Å². The van der Waals surface area contributed by atoms with E-state index in [2.05, 4.69) is 27.1 Å². The lowest BCUT2D eigenvalue weighted by molar-refractivity contribution is 0.606. The van der Waals surface area contributed by atoms with E-state index >= 15 is 0 Å². The first kappa shape index (κ1) is 16.5. The molecule has 26 heavy (non-hydrogen) atoms. The molecule has 0 spiro atoms. The zero-order chi connectivity index (χ0) is 17.9. The molecule has 0 saturated heterocycles. The highest BCUT2D eigenvalue weighted by Crippen LogP contribution is 2.20. The third-order valence-corrected chi connectivity index (χ3v) is 4.80. The summed E-state index contributed by atoms with van der Waals surface area (Å²) in [6.45, 7) is 1.95. The summed E-state index contributed by atoms with van der Waals surface area (Å²) in [7, 11) is 0. The summed E-state index contributed by atoms with van der Waals surface area (Å²) in [6.07, 6.45) is 7.92. The van der Waals surface area contributed by atoms with Gasteiger partial charge in [0.05, 0.1) is 0 Å². The largest absolute Gasteiger partial charge is 0.346 e. The highest BCUT2D eigenvalue weighted by atomic mass is 19.1. The third kappa shape index (κ3) is 3.36. The average molecular weight is 345 g/mol. The van der Waals surface area contributed by atoms with Crippen molar-refractivity contribution in [2.75, 3.05) is 0 Å². The average Bonchev–Trinajstić information content (AvgIpc) is 3.06. The second-order valence-corrected chi connectivity index (χ2v) is 6.58. The smallest absolute Gasteiger partial charge is 0.137 e. The van der Waals surface area contributed by atoms with E-state index in [4.69, 9.17) is 0 Å². The maximum Gasteiger partial charge on any atom is 0.137 e. The number of pyridine rings is 2. The number of hydrogen-bond acceptors (Lipinski definition) is 2. The fraction of sp³-hybridized carbons (Fsp3) is 0.182. The molecule has 0 aliphatic heterocycles. The molecule has 0 unspecified atom stereocenters. The van der Waals surface area contributed by atoms with Crippen LogP contribution in [-0.4, -0.2) is 15.0 Å². The van der Waals surface area contributed by atoms with Crippen LogP contribution >= 0.6 is 0 Å². The van der Waals surface area contributed by atoms with Crippen molar-refractivity contribution >= 4 is 11.0 Å². The predicted octanol–water partition coefficient (Wildman–Crippen LogP) is 4.78. The van der Waals surface area contributed by atoms with E-state index < -0.39 is 0 Å². The van der Waals surface area contributed by atoms with Crippen molar-refractivity contribution in [2.45, 2.75) is 26.2 Å². The number of benzene rings is 1. The number of aryl methyl sites for hydroxylation is 2. The molecule has 0 amide bonds. The zero-order valence-electron chi connectivity index (χ0n) is 14.7. The van der Waals surface area contributed by atoms with Crippen molar-refractivity contribution in [3.63, 3.8) is 0 Å². The molecule has 3 heterocycles. The molecule has 0 bridgehead atoms. The molecular formula is C22H20FN3. The molecule has 0 saturated carbocycles. The number of rotatable bonds is 5. The van der Waals surface area contributed by atoms with E-state index in [0.29, 0.717) is 6.42 Å². The summed E-state index contributed by atoms with van der Waals surface area (Å²) in [5, 5.41) is 1.15. The molecule has 1 N–H and O–H groups in total. The molecule has 0 fully saturated rings. The van der Waals surface area contributed by atoms with Gasteiger partial charge in [-0.3, -0.25) is 4.98 Å². The van der Waals surface area contributed by atoms with Crippen LogP contribution in [0.4, 0.5) is 4.39 Å². The Labute approximate surface area is 152 Å². The standard InChI is InChI=1S/C22H20FN3/c1-15-4-2-6-21(23)19(15)10-9-18-8-7-16(13-25-18)12-17-14-26-22-20(17)5-3-11-24-22/h2-8,11,13-14H,9-10,12H2,1H3,(H,24,26). The van der Waals surface area contributed by atoms with Gasteiger partial charge in [0.15, 0.2) is 0 Å². The predicted molar refractivity (Wildman–Crippen MR) is 102 cm³/mol. The summed E-state index contributed by atoms with van der Waals surface area (Å²) >= 11 is 0. The second kappa shape index (κ2) is 7.08. The van der Waals surface area contributed by atoms with E-state index in [-0.39, 0.29) is 5.82 Å². The van der Waals surface area contributed by atoms with E-state index in [1.165, 1.54) is 11.6 Å². The Morgan fingerprint density at radius 2 is 1.92 bits per heavy atom. The number of aromatic nitrogens is 3. The summed E-state index contributed by atoms with van der Waals surface area (Å²) in [5.74, 6) is -0.130. The van der Waals surface area contributed by atoms with Crippen LogP contribution in [0.1, 0.15) is 27.9 Å². The Kier molecular flexibility index (Phi) is 4.48. The number of fused-ring (bicyclic) bond motifs is 1. The zero-order valence-corrected chi connectivity index (χ0v) is 14.7. The minimum Gasteiger partial charge on any atom is -0.346 e. The first-order valence-corrected chi connectivity index (χ1v) is 8.79. The lowest BCUT2D eigenvalue weighted by atomic mass is 10.0. The van der Waals surface area contributed by atoms with Crippen LogP contribution in [-0.2, 0) is 19.3 Å². The molecule has 0 radical (unpaired) electrons. The molecule has 3 aromatic heterocycles. The van der Waals surface area contributed by atoms with Crippen molar-refractivity contribution in [3.8, 4) is 0 Å². The Morgan fingerprint density at radius 1 is 1.00 bits per heavy atom. The summed E-state index contributed by atoms with van der Waals surface area (Å²) in [5.41, 5.74) is 6.04. The first-order valence-electron chi connectivity index (χ1n) is 8.79. The molecule has 0 atom stereocenters. The minimum atomic E-state index is -0.130.